The minimum absolute atomic E-state index is 0.0599. The third kappa shape index (κ3) is 6.43. The monoisotopic (exact) mass is 644 g/mol. The molecule has 1 unspecified atom stereocenters. The van der Waals surface area contributed by atoms with E-state index in [-0.39, 0.29) is 24.6 Å². The van der Waals surface area contributed by atoms with E-state index in [2.05, 4.69) is 64.8 Å². The molecule has 8 nitrogen and oxygen atoms in total. The van der Waals surface area contributed by atoms with Crippen LogP contribution in [0.2, 0.25) is 0 Å². The highest BCUT2D eigenvalue weighted by Gasteiger charge is 2.27. The lowest BCUT2D eigenvalue weighted by molar-refractivity contribution is -0.135. The summed E-state index contributed by atoms with van der Waals surface area (Å²) in [6.45, 7) is 8.57. The van der Waals surface area contributed by atoms with Gasteiger partial charge in [0, 0.05) is 88.2 Å². The van der Waals surface area contributed by atoms with Crippen molar-refractivity contribution in [3.05, 3.63) is 126 Å². The van der Waals surface area contributed by atoms with E-state index in [0.29, 0.717) is 23.3 Å². The first-order valence-corrected chi connectivity index (χ1v) is 16.2. The molecule has 2 atom stereocenters. The maximum Gasteiger partial charge on any atom is 0.253 e. The van der Waals surface area contributed by atoms with Crippen LogP contribution in [0.25, 0.3) is 50.3 Å². The Balaban J connectivity index is 1.59. The summed E-state index contributed by atoms with van der Waals surface area (Å²) in [5.41, 5.74) is 7.57. The molecule has 0 aliphatic heterocycles. The van der Waals surface area contributed by atoms with Crippen molar-refractivity contribution >= 4 is 33.9 Å². The van der Waals surface area contributed by atoms with E-state index in [0.717, 1.165) is 49.6 Å². The lowest BCUT2D eigenvalue weighted by Gasteiger charge is -2.33. The predicted molar refractivity (Wildman–Crippen MR) is 193 cm³/mol. The highest BCUT2D eigenvalue weighted by molar-refractivity contribution is 6.17. The second kappa shape index (κ2) is 14.4. The van der Waals surface area contributed by atoms with Crippen LogP contribution in [0.4, 0.5) is 0 Å². The highest BCUT2D eigenvalue weighted by Crippen LogP contribution is 2.40. The number of amides is 1. The molecular weight excluding hydrogens is 608 g/mol. The molecule has 3 aromatic carbocycles. The van der Waals surface area contributed by atoms with Gasteiger partial charge in [-0.1, -0.05) is 73.7 Å². The fraction of sp³-hybridized carbons (Fsp3) is 0.195. The number of para-hydroxylation sites is 2. The molecule has 1 amide bonds. The summed E-state index contributed by atoms with van der Waals surface area (Å²) in [5.74, 6) is -0.0837. The van der Waals surface area contributed by atoms with Gasteiger partial charge in [0.2, 0.25) is 0 Å². The van der Waals surface area contributed by atoms with Crippen LogP contribution in [0, 0.1) is 22.7 Å². The lowest BCUT2D eigenvalue weighted by atomic mass is 9.93. The quantitative estimate of drug-likeness (QED) is 0.109. The minimum Gasteiger partial charge on any atom is -0.361 e. The van der Waals surface area contributed by atoms with Gasteiger partial charge in [0.1, 0.15) is 18.9 Å². The summed E-state index contributed by atoms with van der Waals surface area (Å²) in [6, 6.07) is 30.2. The van der Waals surface area contributed by atoms with Gasteiger partial charge in [-0.05, 0) is 38.5 Å². The lowest BCUT2D eigenvalue weighted by Crippen LogP contribution is -2.43. The minimum atomic E-state index is -0.159. The average molecular weight is 645 g/mol. The summed E-state index contributed by atoms with van der Waals surface area (Å²) in [5, 5.41) is 21.3. The Labute approximate surface area is 286 Å². The van der Waals surface area contributed by atoms with Crippen molar-refractivity contribution in [2.45, 2.75) is 39.7 Å². The van der Waals surface area contributed by atoms with Crippen LogP contribution in [-0.4, -0.2) is 44.7 Å². The summed E-state index contributed by atoms with van der Waals surface area (Å²) in [4.78, 5) is 25.0. The fourth-order valence-electron chi connectivity index (χ4n) is 6.38. The molecule has 242 valence electrons. The number of carbonyl (C=O) groups is 1. The molecule has 0 saturated heterocycles. The predicted octanol–water partition coefficient (Wildman–Crippen LogP) is 8.54. The van der Waals surface area contributed by atoms with E-state index in [4.69, 9.17) is 4.74 Å². The van der Waals surface area contributed by atoms with Crippen LogP contribution in [0.3, 0.4) is 0 Å². The average Bonchev–Trinajstić information content (AvgIpc) is 3.48. The first-order valence-electron chi connectivity index (χ1n) is 16.2. The van der Waals surface area contributed by atoms with Crippen molar-refractivity contribution in [3.63, 3.8) is 0 Å². The molecule has 8 heteroatoms. The van der Waals surface area contributed by atoms with E-state index >= 15 is 0 Å². The van der Waals surface area contributed by atoms with Gasteiger partial charge in [-0.25, -0.2) is 0 Å². The molecule has 0 radical (unpaired) electrons. The van der Waals surface area contributed by atoms with Crippen molar-refractivity contribution in [3.8, 4) is 34.4 Å². The van der Waals surface area contributed by atoms with Gasteiger partial charge < -0.3 is 14.2 Å². The largest absolute Gasteiger partial charge is 0.361 e. The number of aromatic nitrogens is 3. The van der Waals surface area contributed by atoms with Crippen molar-refractivity contribution < 1.29 is 9.53 Å². The Kier molecular flexibility index (Phi) is 9.62. The number of pyridine rings is 2. The van der Waals surface area contributed by atoms with E-state index in [1.54, 1.807) is 29.7 Å². The number of nitrogens with zero attached hydrogens (tertiary/aromatic N) is 6. The van der Waals surface area contributed by atoms with Crippen LogP contribution < -0.4 is 0 Å². The molecule has 3 heterocycles. The van der Waals surface area contributed by atoms with Crippen molar-refractivity contribution in [1.82, 2.24) is 19.4 Å². The van der Waals surface area contributed by atoms with Gasteiger partial charge in [-0.15, -0.1) is 0 Å². The molecule has 0 aliphatic carbocycles. The van der Waals surface area contributed by atoms with Crippen LogP contribution in [0.5, 0.6) is 0 Å². The number of carbonyl (C=O) groups excluding carboxylic acids is 1. The zero-order valence-electron chi connectivity index (χ0n) is 28.0. The molecule has 0 N–H and O–H groups in total. The van der Waals surface area contributed by atoms with Crippen LogP contribution in [-0.2, 0) is 9.53 Å². The number of nitriles is 2. The van der Waals surface area contributed by atoms with E-state index in [1.165, 1.54) is 0 Å². The van der Waals surface area contributed by atoms with Gasteiger partial charge in [0.05, 0.1) is 22.2 Å². The zero-order valence-corrected chi connectivity index (χ0v) is 28.0. The highest BCUT2D eigenvalue weighted by atomic mass is 16.5. The molecule has 6 rings (SSSR count). The third-order valence-corrected chi connectivity index (χ3v) is 9.10. The molecule has 0 spiro atoms. The summed E-state index contributed by atoms with van der Waals surface area (Å²) < 4.78 is 7.91. The molecule has 0 aliphatic rings. The van der Waals surface area contributed by atoms with Crippen LogP contribution >= 0.6 is 0 Å². The van der Waals surface area contributed by atoms with Gasteiger partial charge >= 0.3 is 0 Å². The number of benzene rings is 3. The van der Waals surface area contributed by atoms with E-state index in [1.807, 2.05) is 74.6 Å². The van der Waals surface area contributed by atoms with Crippen molar-refractivity contribution in [2.75, 3.05) is 13.3 Å². The molecule has 0 saturated carbocycles. The maximum absolute atomic E-state index is 14.5. The van der Waals surface area contributed by atoms with Gasteiger partial charge in [-0.2, -0.15) is 10.5 Å². The Hall–Kier alpha value is -6.09. The summed E-state index contributed by atoms with van der Waals surface area (Å²) in [6.07, 6.45) is 8.47. The number of rotatable bonds is 10. The zero-order chi connectivity index (χ0) is 34.5. The SMILES string of the molecule is CCOCN(C(=O)/C(C)=C\n1c2c(-c3cncc(C#N)c3)cccc2c2cccc(-c3cncc(C#N)c3)c21)C(C)[C@@H](C)c1ccccc1. The van der Waals surface area contributed by atoms with Gasteiger partial charge in [-0.3, -0.25) is 14.8 Å². The second-order valence-electron chi connectivity index (χ2n) is 12.1. The number of hydrogen-bond donors (Lipinski definition) is 0. The first kappa shape index (κ1) is 32.8. The molecule has 6 aromatic rings. The molecule has 3 aromatic heterocycles. The standard InChI is InChI=1S/C41H36N6O2/c1-5-49-26-47(29(4)28(3)32-11-7-6-8-12-32)41(48)27(2)25-46-39-35(33-17-30(19-42)21-44-23-33)13-9-15-37(39)38-16-10-14-36(40(38)46)34-18-31(20-43)22-45-24-34/h6-18,21-25,28-29H,5,26H2,1-4H3/b27-25-/t28-,29?/m1/s1. The van der Waals surface area contributed by atoms with Gasteiger partial charge in [0.15, 0.2) is 0 Å². The summed E-state index contributed by atoms with van der Waals surface area (Å²) >= 11 is 0. The van der Waals surface area contributed by atoms with Crippen molar-refractivity contribution in [1.29, 1.82) is 10.5 Å². The number of fused-ring (bicyclic) bond motifs is 3. The smallest absolute Gasteiger partial charge is 0.253 e. The number of hydrogen-bond acceptors (Lipinski definition) is 6. The Morgan fingerprint density at radius 2 is 1.39 bits per heavy atom. The molecule has 49 heavy (non-hydrogen) atoms. The maximum atomic E-state index is 14.5. The molecular formula is C41H36N6O2. The fourth-order valence-corrected chi connectivity index (χ4v) is 6.38. The van der Waals surface area contributed by atoms with E-state index < -0.39 is 0 Å². The van der Waals surface area contributed by atoms with Crippen molar-refractivity contribution in [2.24, 2.45) is 0 Å². The topological polar surface area (TPSA) is 108 Å². The first-order chi connectivity index (χ1) is 23.9. The van der Waals surface area contributed by atoms with E-state index in [9.17, 15) is 15.3 Å². The normalized spacial score (nSPS) is 12.7. The van der Waals surface area contributed by atoms with Gasteiger partial charge in [0.25, 0.3) is 5.91 Å². The Morgan fingerprint density at radius 3 is 1.90 bits per heavy atom. The Bertz CT molecular complexity index is 2160. The Morgan fingerprint density at radius 1 is 0.837 bits per heavy atom. The molecule has 0 fully saturated rings. The number of ether oxygens (including phenoxy) is 1. The molecule has 0 bridgehead atoms. The van der Waals surface area contributed by atoms with Crippen LogP contribution in [0.15, 0.2) is 109 Å². The second-order valence-corrected chi connectivity index (χ2v) is 12.1. The summed E-state index contributed by atoms with van der Waals surface area (Å²) in [7, 11) is 0. The van der Waals surface area contributed by atoms with Crippen LogP contribution in [0.1, 0.15) is 50.3 Å². The third-order valence-electron chi connectivity index (χ3n) is 9.10.